The Morgan fingerprint density at radius 3 is 2.53 bits per heavy atom. The predicted molar refractivity (Wildman–Crippen MR) is 150 cm³/mol. The van der Waals surface area contributed by atoms with Crippen molar-refractivity contribution < 1.29 is 19.0 Å². The minimum atomic E-state index is -0.221. The van der Waals surface area contributed by atoms with Gasteiger partial charge in [-0.2, -0.15) is 0 Å². The van der Waals surface area contributed by atoms with Crippen LogP contribution in [0.3, 0.4) is 0 Å². The zero-order valence-electron chi connectivity index (χ0n) is 19.3. The van der Waals surface area contributed by atoms with Gasteiger partial charge < -0.3 is 19.5 Å². The highest BCUT2D eigenvalue weighted by Gasteiger charge is 2.24. The molecule has 0 aliphatic carbocycles. The van der Waals surface area contributed by atoms with Crippen molar-refractivity contribution in [1.29, 1.82) is 0 Å². The van der Waals surface area contributed by atoms with E-state index in [9.17, 15) is 4.79 Å². The van der Waals surface area contributed by atoms with Crippen LogP contribution in [0.4, 0.5) is 5.69 Å². The molecular formula is C26H21BrCl2N2O4S. The lowest BCUT2D eigenvalue weighted by Crippen LogP contribution is -2.19. The molecule has 6 nitrogen and oxygen atoms in total. The number of benzene rings is 3. The number of thioether (sulfide) groups is 1. The van der Waals surface area contributed by atoms with Gasteiger partial charge in [-0.15, -0.1) is 0 Å². The van der Waals surface area contributed by atoms with Gasteiger partial charge in [-0.1, -0.05) is 29.3 Å². The molecule has 0 unspecified atom stereocenters. The fourth-order valence-electron chi connectivity index (χ4n) is 3.27. The van der Waals surface area contributed by atoms with E-state index >= 15 is 0 Å². The summed E-state index contributed by atoms with van der Waals surface area (Å²) >= 11 is 17.0. The summed E-state index contributed by atoms with van der Waals surface area (Å²) in [6.07, 6.45) is 1.78. The average Bonchev–Trinajstić information content (AvgIpc) is 3.19. The van der Waals surface area contributed by atoms with Crippen LogP contribution in [0.2, 0.25) is 10.0 Å². The number of amidine groups is 1. The lowest BCUT2D eigenvalue weighted by atomic mass is 10.1. The number of carbonyl (C=O) groups excluding carboxylic acids is 1. The van der Waals surface area contributed by atoms with Crippen LogP contribution in [0.25, 0.3) is 6.08 Å². The normalized spacial score (nSPS) is 15.3. The summed E-state index contributed by atoms with van der Waals surface area (Å²) in [7, 11) is 1.61. The molecule has 1 heterocycles. The molecule has 0 spiro atoms. The van der Waals surface area contributed by atoms with Crippen molar-refractivity contribution in [2.24, 2.45) is 4.99 Å². The van der Waals surface area contributed by atoms with E-state index in [1.807, 2.05) is 49.4 Å². The van der Waals surface area contributed by atoms with Gasteiger partial charge in [0.1, 0.15) is 12.4 Å². The number of hydrogen-bond donors (Lipinski definition) is 1. The Balaban J connectivity index is 1.54. The first-order valence-corrected chi connectivity index (χ1v) is 13.2. The third kappa shape index (κ3) is 6.56. The van der Waals surface area contributed by atoms with Gasteiger partial charge in [0.2, 0.25) is 0 Å². The standard InChI is InChI=1S/C26H21BrCl2N2O4S/c1-3-34-22-12-16(10-19(27)24(22)35-14-15-4-9-20(28)21(29)11-15)13-23-25(32)31-26(36-23)30-17-5-7-18(33-2)8-6-17/h4-13H,3,14H2,1-2H3,(H,30,31,32)/b23-13+. The largest absolute Gasteiger partial charge is 0.497 e. The van der Waals surface area contributed by atoms with Crippen molar-refractivity contribution in [2.75, 3.05) is 13.7 Å². The Bertz CT molecular complexity index is 1350. The first kappa shape index (κ1) is 26.4. The number of aliphatic imine (C=N–C) groups is 1. The van der Waals surface area contributed by atoms with Crippen molar-refractivity contribution in [3.8, 4) is 17.2 Å². The molecule has 1 amide bonds. The highest BCUT2D eigenvalue weighted by Crippen LogP contribution is 2.39. The van der Waals surface area contributed by atoms with E-state index in [4.69, 9.17) is 37.4 Å². The average molecular weight is 608 g/mol. The molecule has 36 heavy (non-hydrogen) atoms. The molecule has 1 N–H and O–H groups in total. The third-order valence-electron chi connectivity index (χ3n) is 4.95. The summed E-state index contributed by atoms with van der Waals surface area (Å²) in [5.41, 5.74) is 2.35. The number of nitrogens with zero attached hydrogens (tertiary/aromatic N) is 1. The van der Waals surface area contributed by atoms with E-state index in [0.29, 0.717) is 48.4 Å². The SMILES string of the molecule is CCOc1cc(/C=C2/SC(=Nc3ccc(OC)cc3)NC2=O)cc(Br)c1OCc1ccc(Cl)c(Cl)c1. The zero-order valence-corrected chi connectivity index (χ0v) is 23.2. The maximum Gasteiger partial charge on any atom is 0.264 e. The zero-order chi connectivity index (χ0) is 25.7. The van der Waals surface area contributed by atoms with Crippen LogP contribution in [0, 0.1) is 0 Å². The number of carbonyl (C=O) groups is 1. The second-order valence-corrected chi connectivity index (χ2v) is 10.2. The Morgan fingerprint density at radius 1 is 1.06 bits per heavy atom. The predicted octanol–water partition coefficient (Wildman–Crippen LogP) is 7.63. The molecule has 0 atom stereocenters. The lowest BCUT2D eigenvalue weighted by Gasteiger charge is -2.15. The summed E-state index contributed by atoms with van der Waals surface area (Å²) in [4.78, 5) is 17.6. The van der Waals surface area contributed by atoms with Crippen molar-refractivity contribution >= 4 is 73.7 Å². The fraction of sp³-hybridized carbons (Fsp3) is 0.154. The van der Waals surface area contributed by atoms with E-state index in [1.54, 1.807) is 25.3 Å². The van der Waals surface area contributed by atoms with Crippen molar-refractivity contribution in [3.05, 3.63) is 85.1 Å². The number of ether oxygens (including phenoxy) is 3. The summed E-state index contributed by atoms with van der Waals surface area (Å²) in [5.74, 6) is 1.62. The van der Waals surface area contributed by atoms with Gasteiger partial charge in [-0.05, 0) is 100 Å². The Morgan fingerprint density at radius 2 is 1.83 bits per heavy atom. The molecule has 0 aromatic heterocycles. The molecule has 1 aliphatic rings. The van der Waals surface area contributed by atoms with Crippen LogP contribution >= 0.6 is 50.9 Å². The molecule has 0 radical (unpaired) electrons. The number of rotatable bonds is 8. The molecule has 0 saturated carbocycles. The minimum absolute atomic E-state index is 0.221. The van der Waals surface area contributed by atoms with Gasteiger partial charge >= 0.3 is 0 Å². The highest BCUT2D eigenvalue weighted by atomic mass is 79.9. The van der Waals surface area contributed by atoms with Gasteiger partial charge in [-0.3, -0.25) is 4.79 Å². The van der Waals surface area contributed by atoms with Crippen LogP contribution in [0.15, 0.2) is 69.0 Å². The molecule has 10 heteroatoms. The molecule has 1 saturated heterocycles. The lowest BCUT2D eigenvalue weighted by molar-refractivity contribution is -0.115. The van der Waals surface area contributed by atoms with E-state index in [0.717, 1.165) is 16.9 Å². The Hall–Kier alpha value is -2.65. The van der Waals surface area contributed by atoms with Gasteiger partial charge in [0.25, 0.3) is 5.91 Å². The minimum Gasteiger partial charge on any atom is -0.497 e. The van der Waals surface area contributed by atoms with Gasteiger partial charge in [0.15, 0.2) is 16.7 Å². The van der Waals surface area contributed by atoms with Crippen molar-refractivity contribution in [1.82, 2.24) is 5.32 Å². The van der Waals surface area contributed by atoms with Crippen molar-refractivity contribution in [3.63, 3.8) is 0 Å². The molecule has 1 fully saturated rings. The Kier molecular flexibility index (Phi) is 8.85. The van der Waals surface area contributed by atoms with Crippen LogP contribution in [-0.2, 0) is 11.4 Å². The van der Waals surface area contributed by atoms with E-state index in [-0.39, 0.29) is 12.5 Å². The molecule has 0 bridgehead atoms. The van der Waals surface area contributed by atoms with Gasteiger partial charge in [-0.25, -0.2) is 4.99 Å². The number of hydrogen-bond acceptors (Lipinski definition) is 6. The molecule has 4 rings (SSSR count). The van der Waals surface area contributed by atoms with Crippen LogP contribution < -0.4 is 19.5 Å². The number of amides is 1. The molecule has 3 aromatic carbocycles. The van der Waals surface area contributed by atoms with Crippen LogP contribution in [-0.4, -0.2) is 24.8 Å². The fourth-order valence-corrected chi connectivity index (χ4v) is 5.00. The second-order valence-electron chi connectivity index (χ2n) is 7.48. The summed E-state index contributed by atoms with van der Waals surface area (Å²) in [5, 5.41) is 4.25. The van der Waals surface area contributed by atoms with Gasteiger partial charge in [0, 0.05) is 0 Å². The van der Waals surface area contributed by atoms with Gasteiger partial charge in [0.05, 0.1) is 38.8 Å². The van der Waals surface area contributed by atoms with Crippen LogP contribution in [0.1, 0.15) is 18.1 Å². The molecule has 186 valence electrons. The molecule has 1 aliphatic heterocycles. The van der Waals surface area contributed by atoms with Crippen molar-refractivity contribution in [2.45, 2.75) is 13.5 Å². The summed E-state index contributed by atoms with van der Waals surface area (Å²) in [6, 6.07) is 16.3. The van der Waals surface area contributed by atoms with E-state index in [2.05, 4.69) is 26.2 Å². The molecule has 3 aromatic rings. The first-order chi connectivity index (χ1) is 17.4. The van der Waals surface area contributed by atoms with E-state index < -0.39 is 0 Å². The first-order valence-electron chi connectivity index (χ1n) is 10.8. The number of nitrogens with one attached hydrogen (secondary N) is 1. The monoisotopic (exact) mass is 606 g/mol. The highest BCUT2D eigenvalue weighted by molar-refractivity contribution is 9.10. The topological polar surface area (TPSA) is 69.2 Å². The third-order valence-corrected chi connectivity index (χ3v) is 7.19. The molecular weight excluding hydrogens is 587 g/mol. The maximum atomic E-state index is 12.6. The summed E-state index contributed by atoms with van der Waals surface area (Å²) < 4.78 is 17.7. The second kappa shape index (κ2) is 12.1. The summed E-state index contributed by atoms with van der Waals surface area (Å²) in [6.45, 7) is 2.62. The van der Waals surface area contributed by atoms with Crippen LogP contribution in [0.5, 0.6) is 17.2 Å². The maximum absolute atomic E-state index is 12.6. The smallest absolute Gasteiger partial charge is 0.264 e. The Labute approximate surface area is 231 Å². The van der Waals surface area contributed by atoms with E-state index in [1.165, 1.54) is 11.8 Å². The number of methoxy groups -OCH3 is 1. The quantitative estimate of drug-likeness (QED) is 0.267. The number of halogens is 3.